The molecular weight excluding hydrogens is 472 g/mol. The largest absolute Gasteiger partial charge is 0.349 e. The average Bonchev–Trinajstić information content (AvgIpc) is 3.17. The second-order valence-corrected chi connectivity index (χ2v) is 9.98. The minimum atomic E-state index is -0.202. The fourth-order valence-electron chi connectivity index (χ4n) is 4.79. The Balaban J connectivity index is 1.27. The maximum Gasteiger partial charge on any atom is 0.255 e. The summed E-state index contributed by atoms with van der Waals surface area (Å²) in [7, 11) is 0. The standard InChI is InChI=1S/C29H29ClN4O2/c1-18-5-2-3-8-24(18)34-29(36)21-12-16-25-26(17-21)33-27(32-25)19-6-4-7-23(15-11-19)31-28(35)20-9-13-22(30)14-10-20/h4,6-7,9-19,24H,2-3,5,8H2,1H3,(H,31,35)(H,32,33)(H,34,36). The first-order chi connectivity index (χ1) is 17.5. The summed E-state index contributed by atoms with van der Waals surface area (Å²) < 4.78 is 0. The molecule has 1 aromatic heterocycles. The van der Waals surface area contributed by atoms with Crippen LogP contribution < -0.4 is 10.6 Å². The van der Waals surface area contributed by atoms with Crippen molar-refractivity contribution in [3.05, 3.63) is 101 Å². The molecule has 2 amide bonds. The third-order valence-corrected chi connectivity index (χ3v) is 7.20. The second kappa shape index (κ2) is 10.5. The molecule has 3 unspecified atom stereocenters. The highest BCUT2D eigenvalue weighted by atomic mass is 35.5. The molecule has 1 heterocycles. The van der Waals surface area contributed by atoms with Crippen LogP contribution >= 0.6 is 11.6 Å². The first-order valence-electron chi connectivity index (χ1n) is 12.4. The number of fused-ring (bicyclic) bond motifs is 1. The van der Waals surface area contributed by atoms with Crippen LogP contribution in [0.2, 0.25) is 5.02 Å². The van der Waals surface area contributed by atoms with E-state index in [4.69, 9.17) is 16.6 Å². The summed E-state index contributed by atoms with van der Waals surface area (Å²) in [6.07, 6.45) is 14.2. The lowest BCUT2D eigenvalue weighted by molar-refractivity contribution is 0.0909. The van der Waals surface area contributed by atoms with Gasteiger partial charge < -0.3 is 15.6 Å². The number of allylic oxidation sites excluding steroid dienone is 5. The van der Waals surface area contributed by atoms with Gasteiger partial charge in [0.15, 0.2) is 0 Å². The fourth-order valence-corrected chi connectivity index (χ4v) is 4.91. The average molecular weight is 501 g/mol. The molecule has 6 nitrogen and oxygen atoms in total. The van der Waals surface area contributed by atoms with Crippen molar-refractivity contribution >= 4 is 34.4 Å². The van der Waals surface area contributed by atoms with E-state index in [0.717, 1.165) is 29.7 Å². The number of nitrogens with zero attached hydrogens (tertiary/aromatic N) is 1. The number of carbonyl (C=O) groups excluding carboxylic acids is 2. The van der Waals surface area contributed by atoms with Crippen LogP contribution in [0.3, 0.4) is 0 Å². The van der Waals surface area contributed by atoms with Crippen LogP contribution in [0.25, 0.3) is 11.0 Å². The van der Waals surface area contributed by atoms with Crippen LogP contribution in [-0.2, 0) is 0 Å². The highest BCUT2D eigenvalue weighted by Crippen LogP contribution is 2.25. The van der Waals surface area contributed by atoms with Crippen molar-refractivity contribution in [2.24, 2.45) is 5.92 Å². The van der Waals surface area contributed by atoms with E-state index >= 15 is 0 Å². The van der Waals surface area contributed by atoms with Crippen LogP contribution in [0.1, 0.15) is 65.1 Å². The van der Waals surface area contributed by atoms with E-state index in [0.29, 0.717) is 27.8 Å². The number of H-pyrrole nitrogens is 1. The van der Waals surface area contributed by atoms with Gasteiger partial charge in [0.05, 0.1) is 17.0 Å². The number of aromatic nitrogens is 2. The Labute approximate surface area is 215 Å². The van der Waals surface area contributed by atoms with Gasteiger partial charge in [-0.1, -0.05) is 49.6 Å². The molecule has 3 aromatic rings. The number of halogens is 1. The molecule has 0 spiro atoms. The van der Waals surface area contributed by atoms with Gasteiger partial charge in [0, 0.05) is 27.9 Å². The van der Waals surface area contributed by atoms with Crippen LogP contribution in [0.5, 0.6) is 0 Å². The van der Waals surface area contributed by atoms with Gasteiger partial charge in [0.2, 0.25) is 0 Å². The summed E-state index contributed by atoms with van der Waals surface area (Å²) in [4.78, 5) is 33.5. The van der Waals surface area contributed by atoms with E-state index in [9.17, 15) is 9.59 Å². The van der Waals surface area contributed by atoms with Crippen LogP contribution in [0, 0.1) is 5.92 Å². The number of carbonyl (C=O) groups is 2. The molecule has 0 bridgehead atoms. The van der Waals surface area contributed by atoms with Gasteiger partial charge in [0.1, 0.15) is 5.82 Å². The van der Waals surface area contributed by atoms with E-state index in [1.807, 2.05) is 48.6 Å². The lowest BCUT2D eigenvalue weighted by Gasteiger charge is -2.29. The molecule has 7 heteroatoms. The molecule has 36 heavy (non-hydrogen) atoms. The van der Waals surface area contributed by atoms with Gasteiger partial charge >= 0.3 is 0 Å². The predicted octanol–water partition coefficient (Wildman–Crippen LogP) is 6.05. The molecule has 184 valence electrons. The molecule has 2 aliphatic rings. The minimum Gasteiger partial charge on any atom is -0.349 e. The van der Waals surface area contributed by atoms with Crippen molar-refractivity contribution in [1.29, 1.82) is 0 Å². The summed E-state index contributed by atoms with van der Waals surface area (Å²) in [6, 6.07) is 12.6. The highest BCUT2D eigenvalue weighted by Gasteiger charge is 2.23. The maximum atomic E-state index is 12.9. The van der Waals surface area contributed by atoms with Crippen LogP contribution in [0.15, 0.2) is 78.5 Å². The van der Waals surface area contributed by atoms with Gasteiger partial charge in [-0.3, -0.25) is 9.59 Å². The monoisotopic (exact) mass is 500 g/mol. The van der Waals surface area contributed by atoms with E-state index < -0.39 is 0 Å². The first kappa shape index (κ1) is 24.1. The van der Waals surface area contributed by atoms with Gasteiger partial charge in [-0.25, -0.2) is 4.98 Å². The summed E-state index contributed by atoms with van der Waals surface area (Å²) in [5.74, 6) is 0.944. The second-order valence-electron chi connectivity index (χ2n) is 9.55. The maximum absolute atomic E-state index is 12.9. The van der Waals surface area contributed by atoms with Gasteiger partial charge in [-0.05, 0) is 73.4 Å². The smallest absolute Gasteiger partial charge is 0.255 e. The molecule has 0 saturated heterocycles. The van der Waals surface area contributed by atoms with Crippen molar-refractivity contribution in [2.75, 3.05) is 0 Å². The molecule has 2 aromatic carbocycles. The number of hydrogen-bond donors (Lipinski definition) is 3. The van der Waals surface area contributed by atoms with Crippen LogP contribution in [-0.4, -0.2) is 27.8 Å². The van der Waals surface area contributed by atoms with Gasteiger partial charge in [-0.2, -0.15) is 0 Å². The summed E-state index contributed by atoms with van der Waals surface area (Å²) in [5, 5.41) is 6.72. The number of imidazole rings is 1. The number of benzene rings is 2. The predicted molar refractivity (Wildman–Crippen MR) is 143 cm³/mol. The van der Waals surface area contributed by atoms with Crippen LogP contribution in [0.4, 0.5) is 0 Å². The Morgan fingerprint density at radius 2 is 1.78 bits per heavy atom. The van der Waals surface area contributed by atoms with E-state index in [1.165, 1.54) is 12.8 Å². The first-order valence-corrected chi connectivity index (χ1v) is 12.8. The Kier molecular flexibility index (Phi) is 7.05. The van der Waals surface area contributed by atoms with Crippen molar-refractivity contribution in [3.63, 3.8) is 0 Å². The zero-order valence-corrected chi connectivity index (χ0v) is 20.9. The summed E-state index contributed by atoms with van der Waals surface area (Å²) in [5.41, 5.74) is 3.48. The third-order valence-electron chi connectivity index (χ3n) is 6.95. The molecule has 2 aliphatic carbocycles. The molecule has 0 aliphatic heterocycles. The SMILES string of the molecule is CC1CCCCC1NC(=O)c1ccc2nc(C3C=CC=C(NC(=O)c4ccc(Cl)cc4)C=C3)[nH]c2c1. The molecule has 1 saturated carbocycles. The zero-order chi connectivity index (χ0) is 25.1. The molecule has 5 rings (SSSR count). The number of hydrogen-bond acceptors (Lipinski definition) is 3. The Hall–Kier alpha value is -3.64. The molecule has 0 radical (unpaired) electrons. The lowest BCUT2D eigenvalue weighted by atomic mass is 9.86. The third kappa shape index (κ3) is 5.44. The number of aromatic amines is 1. The number of nitrogens with one attached hydrogen (secondary N) is 3. The lowest BCUT2D eigenvalue weighted by Crippen LogP contribution is -2.41. The number of rotatable bonds is 5. The Morgan fingerprint density at radius 3 is 2.58 bits per heavy atom. The van der Waals surface area contributed by atoms with Crippen molar-refractivity contribution in [1.82, 2.24) is 20.6 Å². The van der Waals surface area contributed by atoms with Crippen molar-refractivity contribution in [2.45, 2.75) is 44.6 Å². The summed E-state index contributed by atoms with van der Waals surface area (Å²) >= 11 is 5.91. The minimum absolute atomic E-state index is 0.0358. The van der Waals surface area contributed by atoms with E-state index in [1.54, 1.807) is 24.3 Å². The topological polar surface area (TPSA) is 86.9 Å². The molecule has 1 fully saturated rings. The van der Waals surface area contributed by atoms with Crippen molar-refractivity contribution in [3.8, 4) is 0 Å². The Morgan fingerprint density at radius 1 is 1.00 bits per heavy atom. The molecule has 3 atom stereocenters. The van der Waals surface area contributed by atoms with E-state index in [2.05, 4.69) is 22.5 Å². The Bertz CT molecular complexity index is 1370. The fraction of sp³-hybridized carbons (Fsp3) is 0.276. The normalized spacial score (nSPS) is 21.6. The molecule has 3 N–H and O–H groups in total. The van der Waals surface area contributed by atoms with Gasteiger partial charge in [-0.15, -0.1) is 0 Å². The quantitative estimate of drug-likeness (QED) is 0.398. The molecular formula is C29H29ClN4O2. The van der Waals surface area contributed by atoms with Crippen molar-refractivity contribution < 1.29 is 9.59 Å². The zero-order valence-electron chi connectivity index (χ0n) is 20.1. The number of amides is 2. The van der Waals surface area contributed by atoms with E-state index in [-0.39, 0.29) is 23.8 Å². The summed E-state index contributed by atoms with van der Waals surface area (Å²) in [6.45, 7) is 2.21. The highest BCUT2D eigenvalue weighted by molar-refractivity contribution is 6.30. The van der Waals surface area contributed by atoms with Gasteiger partial charge in [0.25, 0.3) is 11.8 Å².